The Morgan fingerprint density at radius 1 is 1.43 bits per heavy atom. The summed E-state index contributed by atoms with van der Waals surface area (Å²) in [5, 5.41) is 2.83. The number of nitrogens with one attached hydrogen (secondary N) is 1. The zero-order valence-corrected chi connectivity index (χ0v) is 13.0. The van der Waals surface area contributed by atoms with Crippen molar-refractivity contribution in [2.75, 3.05) is 26.7 Å². The Labute approximate surface area is 125 Å². The predicted molar refractivity (Wildman–Crippen MR) is 81.4 cm³/mol. The van der Waals surface area contributed by atoms with Gasteiger partial charge in [0.25, 0.3) is 0 Å². The number of hydrogen-bond acceptors (Lipinski definition) is 3. The number of carbonyl (C=O) groups excluding carboxylic acids is 1. The van der Waals surface area contributed by atoms with Crippen LogP contribution >= 0.6 is 0 Å². The quantitative estimate of drug-likeness (QED) is 0.913. The van der Waals surface area contributed by atoms with Gasteiger partial charge in [-0.2, -0.15) is 0 Å². The molecule has 2 unspecified atom stereocenters. The number of rotatable bonds is 4. The zero-order valence-electron chi connectivity index (χ0n) is 13.0. The molecule has 1 aromatic carbocycles. The highest BCUT2D eigenvalue weighted by Gasteiger charge is 2.29. The summed E-state index contributed by atoms with van der Waals surface area (Å²) < 4.78 is 13.5. The Bertz CT molecular complexity index is 494. The number of likely N-dealkylation sites (N-methyl/N-ethyl adjacent to an activating group) is 1. The van der Waals surface area contributed by atoms with Crippen molar-refractivity contribution >= 4 is 5.91 Å². The molecule has 2 atom stereocenters. The maximum atomic E-state index is 13.5. The molecule has 5 heteroatoms. The molecule has 1 heterocycles. The molecule has 0 aromatic heterocycles. The highest BCUT2D eigenvalue weighted by Crippen LogP contribution is 2.12. The van der Waals surface area contributed by atoms with Crippen molar-refractivity contribution in [3.05, 3.63) is 35.6 Å². The van der Waals surface area contributed by atoms with Crippen LogP contribution in [0.15, 0.2) is 24.3 Å². The van der Waals surface area contributed by atoms with Crippen LogP contribution < -0.4 is 5.32 Å². The lowest BCUT2D eigenvalue weighted by molar-refractivity contribution is -0.127. The Hall–Kier alpha value is -1.46. The lowest BCUT2D eigenvalue weighted by atomic mass is 10.1. The fourth-order valence-electron chi connectivity index (χ4n) is 2.85. The molecule has 1 N–H and O–H groups in total. The fourth-order valence-corrected chi connectivity index (χ4v) is 2.85. The van der Waals surface area contributed by atoms with E-state index in [0.29, 0.717) is 11.6 Å². The number of piperazine rings is 1. The van der Waals surface area contributed by atoms with Crippen LogP contribution in [0.1, 0.15) is 19.4 Å². The molecule has 116 valence electrons. The third-order valence-electron chi connectivity index (χ3n) is 4.17. The zero-order chi connectivity index (χ0) is 15.4. The molecular formula is C16H24FN3O. The minimum Gasteiger partial charge on any atom is -0.351 e. The van der Waals surface area contributed by atoms with Gasteiger partial charge in [0.1, 0.15) is 5.82 Å². The molecule has 1 amide bonds. The molecule has 1 aliphatic heterocycles. The lowest BCUT2D eigenvalue weighted by Gasteiger charge is -2.41. The van der Waals surface area contributed by atoms with Gasteiger partial charge in [-0.25, -0.2) is 4.39 Å². The molecule has 0 aliphatic carbocycles. The van der Waals surface area contributed by atoms with Crippen LogP contribution in [-0.4, -0.2) is 54.5 Å². The summed E-state index contributed by atoms with van der Waals surface area (Å²) in [7, 11) is 2.09. The average molecular weight is 293 g/mol. The first-order valence-electron chi connectivity index (χ1n) is 7.44. The van der Waals surface area contributed by atoms with Crippen molar-refractivity contribution in [2.45, 2.75) is 32.5 Å². The van der Waals surface area contributed by atoms with Crippen LogP contribution in [-0.2, 0) is 11.3 Å². The van der Waals surface area contributed by atoms with E-state index in [9.17, 15) is 9.18 Å². The number of carbonyl (C=O) groups is 1. The third-order valence-corrected chi connectivity index (χ3v) is 4.17. The topological polar surface area (TPSA) is 35.6 Å². The van der Waals surface area contributed by atoms with Gasteiger partial charge in [0, 0.05) is 37.8 Å². The van der Waals surface area contributed by atoms with Crippen LogP contribution in [0, 0.1) is 5.82 Å². The summed E-state index contributed by atoms with van der Waals surface area (Å²) in [6.07, 6.45) is 0. The maximum Gasteiger partial charge on any atom is 0.237 e. The SMILES string of the molecule is CC1CN(C)CCN1C(C)C(=O)NCc1ccccc1F. The van der Waals surface area contributed by atoms with E-state index in [4.69, 9.17) is 0 Å². The summed E-state index contributed by atoms with van der Waals surface area (Å²) >= 11 is 0. The maximum absolute atomic E-state index is 13.5. The number of benzene rings is 1. The Morgan fingerprint density at radius 2 is 2.14 bits per heavy atom. The standard InChI is InChI=1S/C16H24FN3O/c1-12-11-19(3)8-9-20(12)13(2)16(21)18-10-14-6-4-5-7-15(14)17/h4-7,12-13H,8-11H2,1-3H3,(H,18,21). The first kappa shape index (κ1) is 15.9. The van der Waals surface area contributed by atoms with Gasteiger partial charge in [-0.15, -0.1) is 0 Å². The van der Waals surface area contributed by atoms with Crippen LogP contribution in [0.5, 0.6) is 0 Å². The molecule has 2 rings (SSSR count). The number of nitrogens with zero attached hydrogens (tertiary/aromatic N) is 2. The van der Waals surface area contributed by atoms with E-state index in [0.717, 1.165) is 19.6 Å². The van der Waals surface area contributed by atoms with Crippen molar-refractivity contribution < 1.29 is 9.18 Å². The van der Waals surface area contributed by atoms with E-state index in [1.165, 1.54) is 6.07 Å². The minimum atomic E-state index is -0.279. The van der Waals surface area contributed by atoms with E-state index >= 15 is 0 Å². The Kier molecular flexibility index (Phi) is 5.31. The molecule has 4 nitrogen and oxygen atoms in total. The Balaban J connectivity index is 1.89. The predicted octanol–water partition coefficient (Wildman–Crippen LogP) is 1.47. The van der Waals surface area contributed by atoms with E-state index in [1.807, 2.05) is 6.92 Å². The summed E-state index contributed by atoms with van der Waals surface area (Å²) in [6, 6.07) is 6.68. The fraction of sp³-hybridized carbons (Fsp3) is 0.562. The number of hydrogen-bond donors (Lipinski definition) is 1. The monoisotopic (exact) mass is 293 g/mol. The van der Waals surface area contributed by atoms with Crippen molar-refractivity contribution in [2.24, 2.45) is 0 Å². The van der Waals surface area contributed by atoms with E-state index in [1.54, 1.807) is 18.2 Å². The van der Waals surface area contributed by atoms with Crippen LogP contribution in [0.4, 0.5) is 4.39 Å². The first-order valence-corrected chi connectivity index (χ1v) is 7.44. The summed E-state index contributed by atoms with van der Waals surface area (Å²) in [6.45, 7) is 7.10. The van der Waals surface area contributed by atoms with Gasteiger partial charge >= 0.3 is 0 Å². The average Bonchev–Trinajstić information content (AvgIpc) is 2.45. The molecule has 21 heavy (non-hydrogen) atoms. The van der Waals surface area contributed by atoms with Gasteiger partial charge in [-0.1, -0.05) is 18.2 Å². The molecule has 0 radical (unpaired) electrons. The first-order chi connectivity index (χ1) is 9.99. The van der Waals surface area contributed by atoms with Gasteiger partial charge < -0.3 is 10.2 Å². The van der Waals surface area contributed by atoms with Gasteiger partial charge in [0.15, 0.2) is 0 Å². The third kappa shape index (κ3) is 4.02. The van der Waals surface area contributed by atoms with Crippen molar-refractivity contribution in [1.29, 1.82) is 0 Å². The lowest BCUT2D eigenvalue weighted by Crippen LogP contribution is -2.57. The summed E-state index contributed by atoms with van der Waals surface area (Å²) in [5.41, 5.74) is 0.518. The molecule has 1 aromatic rings. The highest BCUT2D eigenvalue weighted by molar-refractivity contribution is 5.81. The van der Waals surface area contributed by atoms with Gasteiger partial charge in [0.05, 0.1) is 6.04 Å². The summed E-state index contributed by atoms with van der Waals surface area (Å²) in [4.78, 5) is 16.7. The molecular weight excluding hydrogens is 269 g/mol. The van der Waals surface area contributed by atoms with E-state index in [-0.39, 0.29) is 24.3 Å². The van der Waals surface area contributed by atoms with E-state index in [2.05, 4.69) is 29.1 Å². The van der Waals surface area contributed by atoms with Crippen LogP contribution in [0.25, 0.3) is 0 Å². The molecule has 0 bridgehead atoms. The molecule has 1 aliphatic rings. The molecule has 1 fully saturated rings. The summed E-state index contributed by atoms with van der Waals surface area (Å²) in [5.74, 6) is -0.326. The normalized spacial score (nSPS) is 22.0. The van der Waals surface area contributed by atoms with Gasteiger partial charge in [-0.05, 0) is 27.0 Å². The van der Waals surface area contributed by atoms with Gasteiger partial charge in [0.2, 0.25) is 5.91 Å². The second-order valence-corrected chi connectivity index (χ2v) is 5.83. The van der Waals surface area contributed by atoms with Crippen molar-refractivity contribution in [1.82, 2.24) is 15.1 Å². The smallest absolute Gasteiger partial charge is 0.237 e. The van der Waals surface area contributed by atoms with Crippen molar-refractivity contribution in [3.63, 3.8) is 0 Å². The number of amides is 1. The Morgan fingerprint density at radius 3 is 2.81 bits per heavy atom. The second-order valence-electron chi connectivity index (χ2n) is 5.83. The minimum absolute atomic E-state index is 0.0466. The molecule has 0 saturated carbocycles. The van der Waals surface area contributed by atoms with E-state index < -0.39 is 0 Å². The second kappa shape index (κ2) is 7.00. The molecule has 0 spiro atoms. The highest BCUT2D eigenvalue weighted by atomic mass is 19.1. The molecule has 1 saturated heterocycles. The van der Waals surface area contributed by atoms with Crippen LogP contribution in [0.2, 0.25) is 0 Å². The van der Waals surface area contributed by atoms with Crippen LogP contribution in [0.3, 0.4) is 0 Å². The largest absolute Gasteiger partial charge is 0.351 e. The van der Waals surface area contributed by atoms with Gasteiger partial charge in [-0.3, -0.25) is 9.69 Å². The van der Waals surface area contributed by atoms with Crippen molar-refractivity contribution in [3.8, 4) is 0 Å². The number of halogens is 1.